The van der Waals surface area contributed by atoms with Gasteiger partial charge < -0.3 is 5.32 Å². The maximum absolute atomic E-state index is 12.3. The second-order valence-corrected chi connectivity index (χ2v) is 6.52. The highest BCUT2D eigenvalue weighted by Crippen LogP contribution is 2.34. The fourth-order valence-corrected chi connectivity index (χ4v) is 3.81. The van der Waals surface area contributed by atoms with Crippen molar-refractivity contribution in [1.82, 2.24) is 5.32 Å². The third kappa shape index (κ3) is 3.32. The number of nitrogens with one attached hydrogen (secondary N) is 1. The van der Waals surface area contributed by atoms with Crippen LogP contribution in [0.25, 0.3) is 10.1 Å². The number of aryl methyl sites for hydroxylation is 1. The van der Waals surface area contributed by atoms with Gasteiger partial charge >= 0.3 is 0 Å². The number of benzene rings is 2. The maximum atomic E-state index is 12.3. The summed E-state index contributed by atoms with van der Waals surface area (Å²) in [5.41, 5.74) is 1.29. The summed E-state index contributed by atoms with van der Waals surface area (Å²) in [6.45, 7) is 0.651. The van der Waals surface area contributed by atoms with Gasteiger partial charge in [0.2, 0.25) is 0 Å². The smallest absolute Gasteiger partial charge is 0.262 e. The molecule has 112 valence electrons. The summed E-state index contributed by atoms with van der Waals surface area (Å²) in [5.74, 6) is -0.0840. The van der Waals surface area contributed by atoms with E-state index < -0.39 is 0 Å². The van der Waals surface area contributed by atoms with Crippen LogP contribution in [-0.4, -0.2) is 12.5 Å². The minimum absolute atomic E-state index is 0.0840. The Hall–Kier alpha value is -1.84. The molecule has 2 nitrogen and oxygen atoms in total. The first kappa shape index (κ1) is 15.1. The van der Waals surface area contributed by atoms with Crippen molar-refractivity contribution in [3.05, 3.63) is 70.1 Å². The molecule has 0 fully saturated rings. The third-order valence-electron chi connectivity index (χ3n) is 3.51. The van der Waals surface area contributed by atoms with Gasteiger partial charge in [0.25, 0.3) is 5.91 Å². The van der Waals surface area contributed by atoms with Crippen LogP contribution in [0, 0.1) is 0 Å². The Balaban J connectivity index is 1.58. The molecule has 0 saturated heterocycles. The number of halogens is 1. The summed E-state index contributed by atoms with van der Waals surface area (Å²) in [4.78, 5) is 12.9. The molecule has 3 aromatic rings. The summed E-state index contributed by atoms with van der Waals surface area (Å²) in [5, 5.41) is 4.46. The highest BCUT2D eigenvalue weighted by atomic mass is 35.5. The molecule has 1 heterocycles. The van der Waals surface area contributed by atoms with E-state index in [-0.39, 0.29) is 5.91 Å². The molecule has 0 aliphatic carbocycles. The Labute approximate surface area is 138 Å². The van der Waals surface area contributed by atoms with Crippen LogP contribution in [0.5, 0.6) is 0 Å². The van der Waals surface area contributed by atoms with Crippen LogP contribution in [0.3, 0.4) is 0 Å². The topological polar surface area (TPSA) is 29.1 Å². The van der Waals surface area contributed by atoms with Gasteiger partial charge in [-0.1, -0.05) is 60.1 Å². The highest BCUT2D eigenvalue weighted by molar-refractivity contribution is 7.21. The quantitative estimate of drug-likeness (QED) is 0.661. The lowest BCUT2D eigenvalue weighted by atomic mass is 10.1. The standard InChI is InChI=1S/C18H16ClNOS/c19-16-14-10-4-5-11-15(14)22-17(16)18(21)20-12-6-9-13-7-2-1-3-8-13/h1-5,7-8,10-11H,6,9,12H2,(H,20,21). The number of thiophene rings is 1. The predicted molar refractivity (Wildman–Crippen MR) is 93.9 cm³/mol. The van der Waals surface area contributed by atoms with E-state index in [1.54, 1.807) is 0 Å². The zero-order valence-electron chi connectivity index (χ0n) is 12.0. The van der Waals surface area contributed by atoms with E-state index in [0.29, 0.717) is 16.4 Å². The lowest BCUT2D eigenvalue weighted by Crippen LogP contribution is -2.24. The number of rotatable bonds is 5. The van der Waals surface area contributed by atoms with E-state index in [1.165, 1.54) is 16.9 Å². The molecule has 3 rings (SSSR count). The second kappa shape index (κ2) is 6.95. The molecule has 0 aliphatic heterocycles. The molecule has 2 aromatic carbocycles. The Morgan fingerprint density at radius 1 is 1.05 bits per heavy atom. The summed E-state index contributed by atoms with van der Waals surface area (Å²) in [6, 6.07) is 18.1. The molecule has 1 amide bonds. The molecule has 4 heteroatoms. The van der Waals surface area contributed by atoms with Crippen LogP contribution in [0.15, 0.2) is 54.6 Å². The van der Waals surface area contributed by atoms with Crippen LogP contribution >= 0.6 is 22.9 Å². The zero-order chi connectivity index (χ0) is 15.4. The monoisotopic (exact) mass is 329 g/mol. The van der Waals surface area contributed by atoms with Crippen molar-refractivity contribution in [2.24, 2.45) is 0 Å². The van der Waals surface area contributed by atoms with Crippen molar-refractivity contribution in [3.8, 4) is 0 Å². The Kier molecular flexibility index (Phi) is 4.76. The normalized spacial score (nSPS) is 10.8. The van der Waals surface area contributed by atoms with E-state index in [1.807, 2.05) is 42.5 Å². The van der Waals surface area contributed by atoms with Crippen molar-refractivity contribution in [2.45, 2.75) is 12.8 Å². The molecular formula is C18H16ClNOS. The number of fused-ring (bicyclic) bond motifs is 1. The molecule has 0 saturated carbocycles. The van der Waals surface area contributed by atoms with Gasteiger partial charge in [-0.15, -0.1) is 11.3 Å². The van der Waals surface area contributed by atoms with E-state index >= 15 is 0 Å². The molecule has 0 atom stereocenters. The molecule has 0 radical (unpaired) electrons. The van der Waals surface area contributed by atoms with E-state index in [4.69, 9.17) is 11.6 Å². The van der Waals surface area contributed by atoms with Crippen LogP contribution < -0.4 is 5.32 Å². The van der Waals surface area contributed by atoms with Gasteiger partial charge in [0.1, 0.15) is 4.88 Å². The average Bonchev–Trinajstić information content (AvgIpc) is 2.90. The van der Waals surface area contributed by atoms with Gasteiger partial charge in [0.05, 0.1) is 5.02 Å². The van der Waals surface area contributed by atoms with Gasteiger partial charge in [-0.05, 0) is 24.5 Å². The number of carbonyl (C=O) groups is 1. The van der Waals surface area contributed by atoms with Gasteiger partial charge in [0.15, 0.2) is 0 Å². The number of carbonyl (C=O) groups excluding carboxylic acids is 1. The average molecular weight is 330 g/mol. The Bertz CT molecular complexity index is 782. The Morgan fingerprint density at radius 2 is 1.77 bits per heavy atom. The minimum Gasteiger partial charge on any atom is -0.351 e. The number of hydrogen-bond donors (Lipinski definition) is 1. The highest BCUT2D eigenvalue weighted by Gasteiger charge is 2.16. The third-order valence-corrected chi connectivity index (χ3v) is 5.19. The first-order valence-corrected chi connectivity index (χ1v) is 8.44. The minimum atomic E-state index is -0.0840. The van der Waals surface area contributed by atoms with E-state index in [0.717, 1.165) is 22.9 Å². The van der Waals surface area contributed by atoms with Crippen LogP contribution in [0.4, 0.5) is 0 Å². The largest absolute Gasteiger partial charge is 0.351 e. The summed E-state index contributed by atoms with van der Waals surface area (Å²) >= 11 is 7.75. The van der Waals surface area contributed by atoms with Gasteiger partial charge in [-0.25, -0.2) is 0 Å². The SMILES string of the molecule is O=C(NCCCc1ccccc1)c1sc2ccccc2c1Cl. The van der Waals surface area contributed by atoms with E-state index in [9.17, 15) is 4.79 Å². The number of amides is 1. The van der Waals surface area contributed by atoms with Crippen molar-refractivity contribution in [1.29, 1.82) is 0 Å². The van der Waals surface area contributed by atoms with Gasteiger partial charge in [-0.3, -0.25) is 4.79 Å². The summed E-state index contributed by atoms with van der Waals surface area (Å²) < 4.78 is 1.04. The Morgan fingerprint density at radius 3 is 2.55 bits per heavy atom. The molecule has 0 spiro atoms. The molecular weight excluding hydrogens is 314 g/mol. The molecule has 1 aromatic heterocycles. The van der Waals surface area contributed by atoms with Crippen molar-refractivity contribution in [2.75, 3.05) is 6.54 Å². The molecule has 22 heavy (non-hydrogen) atoms. The van der Waals surface area contributed by atoms with Crippen molar-refractivity contribution < 1.29 is 4.79 Å². The molecule has 0 bridgehead atoms. The van der Waals surface area contributed by atoms with Crippen LogP contribution in [0.2, 0.25) is 5.02 Å². The summed E-state index contributed by atoms with van der Waals surface area (Å²) in [6.07, 6.45) is 1.87. The molecule has 1 N–H and O–H groups in total. The lowest BCUT2D eigenvalue weighted by Gasteiger charge is -2.04. The first-order valence-electron chi connectivity index (χ1n) is 7.25. The summed E-state index contributed by atoms with van der Waals surface area (Å²) in [7, 11) is 0. The molecule has 0 unspecified atom stereocenters. The zero-order valence-corrected chi connectivity index (χ0v) is 13.6. The second-order valence-electron chi connectivity index (χ2n) is 5.09. The number of hydrogen-bond acceptors (Lipinski definition) is 2. The van der Waals surface area contributed by atoms with Gasteiger partial charge in [-0.2, -0.15) is 0 Å². The first-order chi connectivity index (χ1) is 10.8. The molecule has 0 aliphatic rings. The van der Waals surface area contributed by atoms with Gasteiger partial charge in [0, 0.05) is 16.6 Å². The lowest BCUT2D eigenvalue weighted by molar-refractivity contribution is 0.0957. The van der Waals surface area contributed by atoms with Crippen molar-refractivity contribution >= 4 is 38.9 Å². The predicted octanol–water partition coefficient (Wildman–Crippen LogP) is 4.92. The van der Waals surface area contributed by atoms with Crippen LogP contribution in [-0.2, 0) is 6.42 Å². The maximum Gasteiger partial charge on any atom is 0.262 e. The van der Waals surface area contributed by atoms with Crippen LogP contribution in [0.1, 0.15) is 21.7 Å². The fourth-order valence-electron chi connectivity index (χ4n) is 2.38. The van der Waals surface area contributed by atoms with E-state index in [2.05, 4.69) is 17.4 Å². The van der Waals surface area contributed by atoms with Crippen molar-refractivity contribution in [3.63, 3.8) is 0 Å². The fraction of sp³-hybridized carbons (Fsp3) is 0.167.